The second-order valence-electron chi connectivity index (χ2n) is 2.94. The number of imidazole rings is 1. The summed E-state index contributed by atoms with van der Waals surface area (Å²) in [6.07, 6.45) is 4.14. The van der Waals surface area contributed by atoms with E-state index < -0.39 is 0 Å². The van der Waals surface area contributed by atoms with Gasteiger partial charge in [-0.15, -0.1) is 0 Å². The molecular weight excluding hydrogens is 154 g/mol. The molecule has 1 atom stereocenters. The molecule has 0 aliphatic rings. The third-order valence-corrected chi connectivity index (χ3v) is 1.70. The van der Waals surface area contributed by atoms with E-state index in [2.05, 4.69) is 4.98 Å². The van der Waals surface area contributed by atoms with Crippen LogP contribution in [0.1, 0.15) is 19.0 Å². The summed E-state index contributed by atoms with van der Waals surface area (Å²) >= 11 is 0. The summed E-state index contributed by atoms with van der Waals surface area (Å²) in [6.45, 7) is 3.05. The summed E-state index contributed by atoms with van der Waals surface area (Å²) in [5.74, 6) is 0. The van der Waals surface area contributed by atoms with Crippen molar-refractivity contribution in [3.05, 3.63) is 18.2 Å². The van der Waals surface area contributed by atoms with E-state index in [1.165, 1.54) is 0 Å². The van der Waals surface area contributed by atoms with Crippen LogP contribution in [0.15, 0.2) is 12.5 Å². The fourth-order valence-electron chi connectivity index (χ4n) is 0.970. The summed E-state index contributed by atoms with van der Waals surface area (Å²) in [7, 11) is 0. The fourth-order valence-corrected chi connectivity index (χ4v) is 0.970. The van der Waals surface area contributed by atoms with Gasteiger partial charge in [0.1, 0.15) is 0 Å². The zero-order chi connectivity index (χ0) is 8.97. The van der Waals surface area contributed by atoms with E-state index in [9.17, 15) is 0 Å². The minimum absolute atomic E-state index is 0.256. The maximum atomic E-state index is 9.02. The zero-order valence-electron chi connectivity index (χ0n) is 7.27. The van der Waals surface area contributed by atoms with Crippen LogP contribution in [0, 0.1) is 0 Å². The van der Waals surface area contributed by atoms with Crippen LogP contribution >= 0.6 is 0 Å². The molecule has 0 aromatic carbocycles. The molecule has 0 saturated carbocycles. The molecule has 1 unspecified atom stereocenters. The number of aromatic nitrogens is 2. The van der Waals surface area contributed by atoms with Crippen molar-refractivity contribution in [2.45, 2.75) is 32.5 Å². The number of nitrogens with two attached hydrogens (primary N) is 1. The molecule has 0 amide bonds. The Morgan fingerprint density at radius 2 is 2.50 bits per heavy atom. The average Bonchev–Trinajstić information content (AvgIpc) is 2.48. The molecule has 0 bridgehead atoms. The molecule has 0 aliphatic heterocycles. The molecular formula is C8H15N3O. The smallest absolute Gasteiger partial charge is 0.0949 e. The Kier molecular flexibility index (Phi) is 3.25. The Balaban J connectivity index is 2.41. The first-order valence-electron chi connectivity index (χ1n) is 4.11. The van der Waals surface area contributed by atoms with Gasteiger partial charge in [0, 0.05) is 19.3 Å². The van der Waals surface area contributed by atoms with Crippen LogP contribution in [0.2, 0.25) is 0 Å². The lowest BCUT2D eigenvalue weighted by molar-refractivity contribution is 0.178. The van der Waals surface area contributed by atoms with Gasteiger partial charge in [-0.25, -0.2) is 4.98 Å². The predicted molar refractivity (Wildman–Crippen MR) is 46.4 cm³/mol. The molecule has 1 rings (SSSR count). The topological polar surface area (TPSA) is 64.1 Å². The van der Waals surface area contributed by atoms with Gasteiger partial charge in [0.25, 0.3) is 0 Å². The fraction of sp³-hybridized carbons (Fsp3) is 0.625. The standard InChI is InChI=1S/C8H15N3O/c1-7(12)2-3-11-5-8(4-9)10-6-11/h5-7,12H,2-4,9H2,1H3. The van der Waals surface area contributed by atoms with E-state index in [-0.39, 0.29) is 6.10 Å². The van der Waals surface area contributed by atoms with E-state index in [1.807, 2.05) is 10.8 Å². The summed E-state index contributed by atoms with van der Waals surface area (Å²) in [4.78, 5) is 4.07. The molecule has 4 heteroatoms. The van der Waals surface area contributed by atoms with Crippen molar-refractivity contribution in [2.75, 3.05) is 0 Å². The largest absolute Gasteiger partial charge is 0.393 e. The van der Waals surface area contributed by atoms with Crippen LogP contribution in [-0.2, 0) is 13.1 Å². The van der Waals surface area contributed by atoms with E-state index >= 15 is 0 Å². The molecule has 1 heterocycles. The first-order valence-corrected chi connectivity index (χ1v) is 4.11. The number of aliphatic hydroxyl groups is 1. The first kappa shape index (κ1) is 9.22. The first-order chi connectivity index (χ1) is 5.72. The highest BCUT2D eigenvalue weighted by molar-refractivity contribution is 4.95. The molecule has 68 valence electrons. The Labute approximate surface area is 72.0 Å². The summed E-state index contributed by atoms with van der Waals surface area (Å²) in [5, 5.41) is 9.02. The van der Waals surface area contributed by atoms with Crippen LogP contribution in [0.25, 0.3) is 0 Å². The molecule has 12 heavy (non-hydrogen) atoms. The van der Waals surface area contributed by atoms with E-state index in [1.54, 1.807) is 13.3 Å². The SMILES string of the molecule is CC(O)CCn1cnc(CN)c1. The zero-order valence-corrected chi connectivity index (χ0v) is 7.27. The Morgan fingerprint density at radius 1 is 1.75 bits per heavy atom. The number of hydrogen-bond acceptors (Lipinski definition) is 3. The number of aryl methyl sites for hydroxylation is 1. The number of hydrogen-bond donors (Lipinski definition) is 2. The molecule has 0 fully saturated rings. The monoisotopic (exact) mass is 169 g/mol. The second kappa shape index (κ2) is 4.23. The maximum Gasteiger partial charge on any atom is 0.0949 e. The van der Waals surface area contributed by atoms with E-state index in [0.717, 1.165) is 18.7 Å². The van der Waals surface area contributed by atoms with Crippen molar-refractivity contribution in [1.29, 1.82) is 0 Å². The van der Waals surface area contributed by atoms with Crippen LogP contribution in [0.3, 0.4) is 0 Å². The van der Waals surface area contributed by atoms with Gasteiger partial charge in [0.15, 0.2) is 0 Å². The molecule has 0 saturated heterocycles. The van der Waals surface area contributed by atoms with Crippen molar-refractivity contribution >= 4 is 0 Å². The van der Waals surface area contributed by atoms with E-state index in [0.29, 0.717) is 6.54 Å². The number of rotatable bonds is 4. The van der Waals surface area contributed by atoms with Gasteiger partial charge < -0.3 is 15.4 Å². The lowest BCUT2D eigenvalue weighted by Gasteiger charge is -2.03. The molecule has 0 aliphatic carbocycles. The Hall–Kier alpha value is -0.870. The lowest BCUT2D eigenvalue weighted by Crippen LogP contribution is -2.05. The number of nitrogens with zero attached hydrogens (tertiary/aromatic N) is 2. The second-order valence-corrected chi connectivity index (χ2v) is 2.94. The average molecular weight is 169 g/mol. The highest BCUT2D eigenvalue weighted by Crippen LogP contribution is 1.98. The van der Waals surface area contributed by atoms with Gasteiger partial charge in [0.2, 0.25) is 0 Å². The van der Waals surface area contributed by atoms with Gasteiger partial charge in [-0.05, 0) is 13.3 Å². The van der Waals surface area contributed by atoms with Gasteiger partial charge in [-0.3, -0.25) is 0 Å². The van der Waals surface area contributed by atoms with Gasteiger partial charge in [0.05, 0.1) is 18.1 Å². The normalized spacial score (nSPS) is 13.2. The van der Waals surface area contributed by atoms with Crippen LogP contribution < -0.4 is 5.73 Å². The Bertz CT molecular complexity index is 232. The lowest BCUT2D eigenvalue weighted by atomic mass is 10.3. The van der Waals surface area contributed by atoms with Crippen LogP contribution in [-0.4, -0.2) is 20.8 Å². The van der Waals surface area contributed by atoms with Crippen LogP contribution in [0.4, 0.5) is 0 Å². The molecule has 0 radical (unpaired) electrons. The number of aliphatic hydroxyl groups excluding tert-OH is 1. The van der Waals surface area contributed by atoms with Gasteiger partial charge in [-0.1, -0.05) is 0 Å². The van der Waals surface area contributed by atoms with Crippen molar-refractivity contribution in [1.82, 2.24) is 9.55 Å². The highest BCUT2D eigenvalue weighted by Gasteiger charge is 1.98. The van der Waals surface area contributed by atoms with Crippen LogP contribution in [0.5, 0.6) is 0 Å². The van der Waals surface area contributed by atoms with Gasteiger partial charge in [-0.2, -0.15) is 0 Å². The predicted octanol–water partition coefficient (Wildman–Crippen LogP) is 0.113. The highest BCUT2D eigenvalue weighted by atomic mass is 16.3. The minimum atomic E-state index is -0.256. The maximum absolute atomic E-state index is 9.02. The third kappa shape index (κ3) is 2.64. The van der Waals surface area contributed by atoms with Crippen molar-refractivity contribution in [3.8, 4) is 0 Å². The molecule has 0 spiro atoms. The van der Waals surface area contributed by atoms with Crippen molar-refractivity contribution in [3.63, 3.8) is 0 Å². The summed E-state index contributed by atoms with van der Waals surface area (Å²) < 4.78 is 1.94. The summed E-state index contributed by atoms with van der Waals surface area (Å²) in [6, 6.07) is 0. The van der Waals surface area contributed by atoms with E-state index in [4.69, 9.17) is 10.8 Å². The molecule has 1 aromatic heterocycles. The third-order valence-electron chi connectivity index (χ3n) is 1.70. The molecule has 4 nitrogen and oxygen atoms in total. The quantitative estimate of drug-likeness (QED) is 0.672. The van der Waals surface area contributed by atoms with Crippen molar-refractivity contribution in [2.24, 2.45) is 5.73 Å². The van der Waals surface area contributed by atoms with Gasteiger partial charge >= 0.3 is 0 Å². The summed E-state index contributed by atoms with van der Waals surface area (Å²) in [5.41, 5.74) is 6.28. The minimum Gasteiger partial charge on any atom is -0.393 e. The molecule has 1 aromatic rings. The van der Waals surface area contributed by atoms with Crippen molar-refractivity contribution < 1.29 is 5.11 Å². The molecule has 3 N–H and O–H groups in total. The Morgan fingerprint density at radius 3 is 3.00 bits per heavy atom.